The minimum Gasteiger partial charge on any atom is -0.0654 e. The molecule has 0 aromatic carbocycles. The molecule has 0 fully saturated rings. The van der Waals surface area contributed by atoms with Gasteiger partial charge in [0.15, 0.2) is 0 Å². The minimum absolute atomic E-state index is 1.02. The van der Waals surface area contributed by atoms with Crippen LogP contribution in [0.5, 0.6) is 0 Å². The molecule has 0 aromatic heterocycles. The predicted octanol–water partition coefficient (Wildman–Crippen LogP) is 10.8. The van der Waals surface area contributed by atoms with Crippen molar-refractivity contribution in [1.82, 2.24) is 0 Å². The van der Waals surface area contributed by atoms with Crippen molar-refractivity contribution in [1.29, 1.82) is 0 Å². The first-order chi connectivity index (χ1) is 13.8. The fraction of sp³-hybridized carbons (Fsp3) is 0.964. The highest BCUT2D eigenvalue weighted by Crippen LogP contribution is 2.24. The summed E-state index contributed by atoms with van der Waals surface area (Å²) in [6, 6.07) is 0. The second-order valence-corrected chi connectivity index (χ2v) is 9.45. The third kappa shape index (κ3) is 22.3. The van der Waals surface area contributed by atoms with Crippen molar-refractivity contribution >= 4 is 0 Å². The van der Waals surface area contributed by atoms with Crippen LogP contribution in [0.4, 0.5) is 0 Å². The maximum atomic E-state index is 4.00. The standard InChI is InChI=1S/C28H57/c1-4-7-10-13-15-17-19-21-24-27-28(25-22-12-9-6-3)26-23-20-18-16-14-11-8-5-2/h28H,3-27H2,1-2H3. The van der Waals surface area contributed by atoms with E-state index >= 15 is 0 Å². The van der Waals surface area contributed by atoms with Gasteiger partial charge in [-0.25, -0.2) is 0 Å². The Morgan fingerprint density at radius 3 is 1.00 bits per heavy atom. The third-order valence-corrected chi connectivity index (χ3v) is 6.54. The lowest BCUT2D eigenvalue weighted by Crippen LogP contribution is -2.01. The van der Waals surface area contributed by atoms with Crippen molar-refractivity contribution in [3.8, 4) is 0 Å². The molecule has 0 aromatic rings. The van der Waals surface area contributed by atoms with Crippen LogP contribution in [-0.4, -0.2) is 0 Å². The van der Waals surface area contributed by atoms with Gasteiger partial charge in [-0.15, -0.1) is 0 Å². The van der Waals surface area contributed by atoms with Gasteiger partial charge in [-0.1, -0.05) is 175 Å². The van der Waals surface area contributed by atoms with Crippen LogP contribution in [0, 0.1) is 12.8 Å². The predicted molar refractivity (Wildman–Crippen MR) is 131 cm³/mol. The van der Waals surface area contributed by atoms with Crippen LogP contribution in [0.15, 0.2) is 0 Å². The normalized spacial score (nSPS) is 12.5. The molecule has 0 aliphatic rings. The summed E-state index contributed by atoms with van der Waals surface area (Å²) in [4.78, 5) is 0. The molecule has 28 heavy (non-hydrogen) atoms. The summed E-state index contributed by atoms with van der Waals surface area (Å²) in [5.74, 6) is 1.02. The van der Waals surface area contributed by atoms with E-state index in [0.29, 0.717) is 0 Å². The lowest BCUT2D eigenvalue weighted by Gasteiger charge is -2.17. The molecule has 1 radical (unpaired) electrons. The molecule has 0 N–H and O–H groups in total. The first kappa shape index (κ1) is 28.0. The van der Waals surface area contributed by atoms with Crippen molar-refractivity contribution in [2.45, 2.75) is 168 Å². The zero-order chi connectivity index (χ0) is 20.5. The van der Waals surface area contributed by atoms with Gasteiger partial charge < -0.3 is 0 Å². The van der Waals surface area contributed by atoms with Crippen LogP contribution < -0.4 is 0 Å². The number of hydrogen-bond acceptors (Lipinski definition) is 0. The average Bonchev–Trinajstić information content (AvgIpc) is 2.71. The molecule has 0 spiro atoms. The van der Waals surface area contributed by atoms with E-state index in [4.69, 9.17) is 0 Å². The van der Waals surface area contributed by atoms with Crippen LogP contribution in [-0.2, 0) is 0 Å². The maximum Gasteiger partial charge on any atom is -0.0414 e. The molecular formula is C28H57. The summed E-state index contributed by atoms with van der Waals surface area (Å²) in [6.07, 6.45) is 34.7. The molecule has 0 aliphatic carbocycles. The maximum absolute atomic E-state index is 4.00. The molecule has 0 saturated carbocycles. The summed E-state index contributed by atoms with van der Waals surface area (Å²) < 4.78 is 0. The molecule has 0 heteroatoms. The third-order valence-electron chi connectivity index (χ3n) is 6.54. The van der Waals surface area contributed by atoms with E-state index in [1.54, 1.807) is 0 Å². The van der Waals surface area contributed by atoms with Crippen LogP contribution in [0.2, 0.25) is 0 Å². The second kappa shape index (κ2) is 25.0. The van der Waals surface area contributed by atoms with Crippen molar-refractivity contribution < 1.29 is 0 Å². The van der Waals surface area contributed by atoms with Gasteiger partial charge in [-0.2, -0.15) is 0 Å². The Bertz CT molecular complexity index is 257. The van der Waals surface area contributed by atoms with Crippen molar-refractivity contribution in [2.75, 3.05) is 0 Å². The van der Waals surface area contributed by atoms with Gasteiger partial charge in [0.2, 0.25) is 0 Å². The van der Waals surface area contributed by atoms with E-state index in [1.165, 1.54) is 148 Å². The van der Waals surface area contributed by atoms with Crippen molar-refractivity contribution in [3.63, 3.8) is 0 Å². The molecule has 0 nitrogen and oxygen atoms in total. The highest BCUT2D eigenvalue weighted by molar-refractivity contribution is 4.62. The summed E-state index contributed by atoms with van der Waals surface area (Å²) in [7, 11) is 0. The number of rotatable bonds is 24. The molecule has 0 bridgehead atoms. The number of hydrogen-bond donors (Lipinski definition) is 0. The Balaban J connectivity index is 3.70. The van der Waals surface area contributed by atoms with E-state index < -0.39 is 0 Å². The largest absolute Gasteiger partial charge is 0.0654 e. The van der Waals surface area contributed by atoms with E-state index in [0.717, 1.165) is 12.3 Å². The molecule has 0 heterocycles. The number of unbranched alkanes of at least 4 members (excludes halogenated alkanes) is 18. The van der Waals surface area contributed by atoms with Crippen LogP contribution in [0.1, 0.15) is 168 Å². The molecule has 169 valence electrons. The summed E-state index contributed by atoms with van der Waals surface area (Å²) in [6.45, 7) is 8.62. The summed E-state index contributed by atoms with van der Waals surface area (Å²) >= 11 is 0. The van der Waals surface area contributed by atoms with Crippen LogP contribution >= 0.6 is 0 Å². The van der Waals surface area contributed by atoms with Gasteiger partial charge in [-0.05, 0) is 5.92 Å². The van der Waals surface area contributed by atoms with Crippen LogP contribution in [0.3, 0.4) is 0 Å². The van der Waals surface area contributed by atoms with E-state index in [1.807, 2.05) is 0 Å². The van der Waals surface area contributed by atoms with Gasteiger partial charge in [0.1, 0.15) is 0 Å². The van der Waals surface area contributed by atoms with Gasteiger partial charge in [0.05, 0.1) is 0 Å². The second-order valence-electron chi connectivity index (χ2n) is 9.45. The molecule has 0 aliphatic heterocycles. The molecule has 1 unspecified atom stereocenters. The quantitative estimate of drug-likeness (QED) is 0.143. The minimum atomic E-state index is 1.02. The Kier molecular flexibility index (Phi) is 25.0. The highest BCUT2D eigenvalue weighted by Gasteiger charge is 2.08. The van der Waals surface area contributed by atoms with Crippen molar-refractivity contribution in [3.05, 3.63) is 6.92 Å². The Morgan fingerprint density at radius 1 is 0.393 bits per heavy atom. The molecular weight excluding hydrogens is 336 g/mol. The first-order valence-electron chi connectivity index (χ1n) is 13.6. The van der Waals surface area contributed by atoms with E-state index in [-0.39, 0.29) is 0 Å². The van der Waals surface area contributed by atoms with Crippen LogP contribution in [0.25, 0.3) is 0 Å². The smallest absolute Gasteiger partial charge is 0.0414 e. The lowest BCUT2D eigenvalue weighted by atomic mass is 9.89. The van der Waals surface area contributed by atoms with Gasteiger partial charge in [-0.3, -0.25) is 0 Å². The fourth-order valence-corrected chi connectivity index (χ4v) is 4.53. The van der Waals surface area contributed by atoms with E-state index in [9.17, 15) is 0 Å². The van der Waals surface area contributed by atoms with Gasteiger partial charge in [0.25, 0.3) is 0 Å². The van der Waals surface area contributed by atoms with E-state index in [2.05, 4.69) is 20.8 Å². The molecule has 0 rings (SSSR count). The zero-order valence-electron chi connectivity index (χ0n) is 20.3. The molecule has 0 saturated heterocycles. The van der Waals surface area contributed by atoms with Gasteiger partial charge >= 0.3 is 0 Å². The molecule has 0 amide bonds. The van der Waals surface area contributed by atoms with Gasteiger partial charge in [0, 0.05) is 0 Å². The Hall–Kier alpha value is 0. The monoisotopic (exact) mass is 393 g/mol. The Morgan fingerprint density at radius 2 is 0.679 bits per heavy atom. The Labute approximate surface area is 181 Å². The molecule has 1 atom stereocenters. The zero-order valence-corrected chi connectivity index (χ0v) is 20.3. The first-order valence-corrected chi connectivity index (χ1v) is 13.6. The highest BCUT2D eigenvalue weighted by atomic mass is 14.1. The average molecular weight is 394 g/mol. The summed E-state index contributed by atoms with van der Waals surface area (Å²) in [5.41, 5.74) is 0. The fourth-order valence-electron chi connectivity index (χ4n) is 4.53. The topological polar surface area (TPSA) is 0 Å². The SMILES string of the molecule is [CH2]CCCCCC(CCCCCCCCCC)CCCCCCCCCCC. The lowest BCUT2D eigenvalue weighted by molar-refractivity contribution is 0.366. The summed E-state index contributed by atoms with van der Waals surface area (Å²) in [5, 5.41) is 0. The van der Waals surface area contributed by atoms with Crippen molar-refractivity contribution in [2.24, 2.45) is 5.92 Å².